The van der Waals surface area contributed by atoms with Gasteiger partial charge in [0.05, 0.1) is 4.92 Å². The number of anilines is 1. The van der Waals surface area contributed by atoms with Crippen molar-refractivity contribution in [3.05, 3.63) is 57.6 Å². The van der Waals surface area contributed by atoms with E-state index in [9.17, 15) is 14.9 Å². The Morgan fingerprint density at radius 3 is 2.64 bits per heavy atom. The SMILES string of the molecule is CNc1ccc(C(=O)NCc2ccc3c(c2)OCCO3)cc1[N+](=O)[O-]. The number of ether oxygens (including phenoxy) is 2. The predicted octanol–water partition coefficient (Wildman–Crippen LogP) is 2.34. The number of nitro groups is 1. The summed E-state index contributed by atoms with van der Waals surface area (Å²) in [5, 5.41) is 16.6. The third kappa shape index (κ3) is 3.63. The molecular formula is C17H17N3O5. The monoisotopic (exact) mass is 343 g/mol. The summed E-state index contributed by atoms with van der Waals surface area (Å²) < 4.78 is 11.0. The van der Waals surface area contributed by atoms with E-state index in [2.05, 4.69) is 10.6 Å². The highest BCUT2D eigenvalue weighted by Gasteiger charge is 2.17. The van der Waals surface area contributed by atoms with Crippen molar-refractivity contribution in [2.24, 2.45) is 0 Å². The van der Waals surface area contributed by atoms with Gasteiger partial charge in [-0.1, -0.05) is 6.07 Å². The minimum absolute atomic E-state index is 0.144. The first kappa shape index (κ1) is 16.6. The van der Waals surface area contributed by atoms with Crippen LogP contribution in [0.1, 0.15) is 15.9 Å². The fourth-order valence-electron chi connectivity index (χ4n) is 2.52. The maximum Gasteiger partial charge on any atom is 0.293 e. The molecule has 8 nitrogen and oxygen atoms in total. The van der Waals surface area contributed by atoms with E-state index >= 15 is 0 Å². The van der Waals surface area contributed by atoms with Crippen LogP contribution in [0, 0.1) is 10.1 Å². The molecule has 0 spiro atoms. The van der Waals surface area contributed by atoms with Crippen LogP contribution in [0.3, 0.4) is 0 Å². The molecule has 25 heavy (non-hydrogen) atoms. The van der Waals surface area contributed by atoms with Gasteiger partial charge in [0.1, 0.15) is 18.9 Å². The van der Waals surface area contributed by atoms with Crippen LogP contribution in [-0.2, 0) is 6.54 Å². The highest BCUT2D eigenvalue weighted by molar-refractivity contribution is 5.95. The van der Waals surface area contributed by atoms with E-state index in [0.717, 1.165) is 5.56 Å². The molecule has 0 fully saturated rings. The molecule has 2 aromatic rings. The van der Waals surface area contributed by atoms with Crippen LogP contribution >= 0.6 is 0 Å². The molecule has 2 N–H and O–H groups in total. The number of hydrogen-bond donors (Lipinski definition) is 2. The average molecular weight is 343 g/mol. The van der Waals surface area contributed by atoms with E-state index < -0.39 is 4.92 Å². The highest BCUT2D eigenvalue weighted by atomic mass is 16.6. The zero-order valence-electron chi connectivity index (χ0n) is 13.6. The van der Waals surface area contributed by atoms with Crippen LogP contribution in [0.5, 0.6) is 11.5 Å². The molecule has 0 aromatic heterocycles. The number of nitro benzene ring substituents is 1. The Kier molecular flexibility index (Phi) is 4.69. The van der Waals surface area contributed by atoms with Crippen LogP contribution in [-0.4, -0.2) is 31.1 Å². The summed E-state index contributed by atoms with van der Waals surface area (Å²) in [6.45, 7) is 1.28. The Morgan fingerprint density at radius 1 is 1.16 bits per heavy atom. The number of nitrogens with zero attached hydrogens (tertiary/aromatic N) is 1. The van der Waals surface area contributed by atoms with Gasteiger partial charge in [0.15, 0.2) is 11.5 Å². The minimum atomic E-state index is -0.524. The summed E-state index contributed by atoms with van der Waals surface area (Å²) in [5.41, 5.74) is 1.28. The summed E-state index contributed by atoms with van der Waals surface area (Å²) in [6, 6.07) is 9.74. The predicted molar refractivity (Wildman–Crippen MR) is 91.2 cm³/mol. The van der Waals surface area contributed by atoms with Gasteiger partial charge in [-0.05, 0) is 29.8 Å². The molecule has 0 saturated carbocycles. The van der Waals surface area contributed by atoms with E-state index in [4.69, 9.17) is 9.47 Å². The third-order valence-corrected chi connectivity index (χ3v) is 3.79. The van der Waals surface area contributed by atoms with Crippen molar-refractivity contribution in [1.29, 1.82) is 0 Å². The summed E-state index contributed by atoms with van der Waals surface area (Å²) in [6.07, 6.45) is 0. The molecule has 0 saturated heterocycles. The summed E-state index contributed by atoms with van der Waals surface area (Å²) in [5.74, 6) is 0.937. The summed E-state index contributed by atoms with van der Waals surface area (Å²) in [4.78, 5) is 22.8. The maximum absolute atomic E-state index is 12.3. The van der Waals surface area contributed by atoms with E-state index in [-0.39, 0.29) is 23.7 Å². The molecule has 130 valence electrons. The van der Waals surface area contributed by atoms with Gasteiger partial charge in [0, 0.05) is 25.2 Å². The van der Waals surface area contributed by atoms with Gasteiger partial charge in [-0.2, -0.15) is 0 Å². The Hall–Kier alpha value is -3.29. The van der Waals surface area contributed by atoms with Crippen LogP contribution in [0.4, 0.5) is 11.4 Å². The molecule has 1 aliphatic heterocycles. The Balaban J connectivity index is 1.70. The molecular weight excluding hydrogens is 326 g/mol. The maximum atomic E-state index is 12.3. The first-order valence-corrected chi connectivity index (χ1v) is 7.71. The molecule has 8 heteroatoms. The van der Waals surface area contributed by atoms with Crippen LogP contribution in [0.15, 0.2) is 36.4 Å². The normalized spacial score (nSPS) is 12.4. The molecule has 0 atom stereocenters. The van der Waals surface area contributed by atoms with Gasteiger partial charge >= 0.3 is 0 Å². The number of carbonyl (C=O) groups excluding carboxylic acids is 1. The van der Waals surface area contributed by atoms with Gasteiger partial charge in [0.25, 0.3) is 11.6 Å². The van der Waals surface area contributed by atoms with Crippen LogP contribution < -0.4 is 20.1 Å². The van der Waals surface area contributed by atoms with Crippen molar-refractivity contribution in [3.63, 3.8) is 0 Å². The summed E-state index contributed by atoms with van der Waals surface area (Å²) in [7, 11) is 1.59. The molecule has 1 heterocycles. The second kappa shape index (κ2) is 7.08. The number of hydrogen-bond acceptors (Lipinski definition) is 6. The Labute approximate surface area is 143 Å². The fourth-order valence-corrected chi connectivity index (χ4v) is 2.52. The number of fused-ring (bicyclic) bond motifs is 1. The van der Waals surface area contributed by atoms with Crippen LogP contribution in [0.2, 0.25) is 0 Å². The van der Waals surface area contributed by atoms with Gasteiger partial charge in [0.2, 0.25) is 0 Å². The molecule has 0 aliphatic carbocycles. The molecule has 0 unspecified atom stereocenters. The Bertz CT molecular complexity index is 822. The van der Waals surface area contributed by atoms with Crippen molar-refractivity contribution in [1.82, 2.24) is 5.32 Å². The summed E-state index contributed by atoms with van der Waals surface area (Å²) >= 11 is 0. The third-order valence-electron chi connectivity index (χ3n) is 3.79. The van der Waals surface area contributed by atoms with Crippen molar-refractivity contribution in [2.45, 2.75) is 6.54 Å². The molecule has 3 rings (SSSR count). The molecule has 0 radical (unpaired) electrons. The van der Waals surface area contributed by atoms with Gasteiger partial charge in [-0.15, -0.1) is 0 Å². The Morgan fingerprint density at radius 2 is 1.92 bits per heavy atom. The first-order chi connectivity index (χ1) is 12.1. The topological polar surface area (TPSA) is 103 Å². The van der Waals surface area contributed by atoms with Crippen molar-refractivity contribution < 1.29 is 19.2 Å². The average Bonchev–Trinajstić information content (AvgIpc) is 2.65. The number of amides is 1. The lowest BCUT2D eigenvalue weighted by atomic mass is 10.1. The van der Waals surface area contributed by atoms with Gasteiger partial charge < -0.3 is 20.1 Å². The van der Waals surface area contributed by atoms with E-state index in [1.54, 1.807) is 19.2 Å². The molecule has 0 bridgehead atoms. The quantitative estimate of drug-likeness (QED) is 0.638. The van der Waals surface area contributed by atoms with Gasteiger partial charge in [-0.3, -0.25) is 14.9 Å². The van der Waals surface area contributed by atoms with Crippen molar-refractivity contribution in [2.75, 3.05) is 25.6 Å². The number of nitrogens with one attached hydrogen (secondary N) is 2. The first-order valence-electron chi connectivity index (χ1n) is 7.71. The van der Waals surface area contributed by atoms with E-state index in [1.165, 1.54) is 18.2 Å². The lowest BCUT2D eigenvalue weighted by Crippen LogP contribution is -2.23. The second-order valence-corrected chi connectivity index (χ2v) is 5.40. The van der Waals surface area contributed by atoms with E-state index in [1.807, 2.05) is 6.07 Å². The zero-order chi connectivity index (χ0) is 17.8. The van der Waals surface area contributed by atoms with Crippen molar-refractivity contribution in [3.8, 4) is 11.5 Å². The molecule has 2 aromatic carbocycles. The fraction of sp³-hybridized carbons (Fsp3) is 0.235. The van der Waals surface area contributed by atoms with Crippen LogP contribution in [0.25, 0.3) is 0 Å². The zero-order valence-corrected chi connectivity index (χ0v) is 13.6. The minimum Gasteiger partial charge on any atom is -0.486 e. The lowest BCUT2D eigenvalue weighted by molar-refractivity contribution is -0.384. The number of carbonyl (C=O) groups is 1. The number of rotatable bonds is 5. The second-order valence-electron chi connectivity index (χ2n) is 5.40. The van der Waals surface area contributed by atoms with Gasteiger partial charge in [-0.25, -0.2) is 0 Å². The smallest absolute Gasteiger partial charge is 0.293 e. The number of benzene rings is 2. The molecule has 1 amide bonds. The largest absolute Gasteiger partial charge is 0.486 e. The van der Waals surface area contributed by atoms with Crippen molar-refractivity contribution >= 4 is 17.3 Å². The highest BCUT2D eigenvalue weighted by Crippen LogP contribution is 2.30. The standard InChI is InChI=1S/C17H17N3O5/c1-18-13-4-3-12(9-14(13)20(22)23)17(21)19-10-11-2-5-15-16(8-11)25-7-6-24-15/h2-5,8-9,18H,6-7,10H2,1H3,(H,19,21). The molecule has 1 aliphatic rings. The van der Waals surface area contributed by atoms with E-state index in [0.29, 0.717) is 30.4 Å². The lowest BCUT2D eigenvalue weighted by Gasteiger charge is -2.19.